The summed E-state index contributed by atoms with van der Waals surface area (Å²) in [6.45, 7) is 26.9. The van der Waals surface area contributed by atoms with Gasteiger partial charge in [0.25, 0.3) is 0 Å². The average Bonchev–Trinajstić information content (AvgIpc) is 2.74. The molecule has 0 aliphatic rings. The van der Waals surface area contributed by atoms with Crippen LogP contribution in [0.3, 0.4) is 0 Å². The molecule has 0 fully saturated rings. The Balaban J connectivity index is 2.40. The van der Waals surface area contributed by atoms with Crippen molar-refractivity contribution in [3.8, 4) is 0 Å². The van der Waals surface area contributed by atoms with Gasteiger partial charge in [-0.2, -0.15) is 0 Å². The van der Waals surface area contributed by atoms with Crippen molar-refractivity contribution >= 4 is 39.2 Å². The molecule has 0 N–H and O–H groups in total. The van der Waals surface area contributed by atoms with Crippen molar-refractivity contribution in [1.29, 1.82) is 0 Å². The van der Waals surface area contributed by atoms with E-state index in [0.717, 1.165) is 0 Å². The van der Waals surface area contributed by atoms with Gasteiger partial charge in [-0.3, -0.25) is 0 Å². The van der Waals surface area contributed by atoms with Crippen molar-refractivity contribution in [3.63, 3.8) is 0 Å². The van der Waals surface area contributed by atoms with Gasteiger partial charge in [0.2, 0.25) is 0 Å². The van der Waals surface area contributed by atoms with Crippen LogP contribution in [0.25, 0.3) is 0 Å². The van der Waals surface area contributed by atoms with Crippen molar-refractivity contribution < 1.29 is 0 Å². The van der Waals surface area contributed by atoms with Gasteiger partial charge < -0.3 is 0 Å². The van der Waals surface area contributed by atoms with E-state index in [1.165, 1.54) is 66.8 Å². The topological polar surface area (TPSA) is 0 Å². The molecular formula is C36H44GeSi. The van der Waals surface area contributed by atoms with Gasteiger partial charge in [-0.15, -0.1) is 0 Å². The normalized spacial score (nSPS) is 11.2. The fourth-order valence-corrected chi connectivity index (χ4v) is 30.0. The van der Waals surface area contributed by atoms with Gasteiger partial charge in [0.1, 0.15) is 0 Å². The minimum absolute atomic E-state index is 1.14. The van der Waals surface area contributed by atoms with Crippen LogP contribution in [0.1, 0.15) is 66.8 Å². The molecule has 196 valence electrons. The van der Waals surface area contributed by atoms with Crippen molar-refractivity contribution in [2.45, 2.75) is 83.1 Å². The Hall–Kier alpha value is -2.36. The molecule has 0 aliphatic heterocycles. The van der Waals surface area contributed by atoms with Crippen LogP contribution in [-0.4, -0.2) is 20.1 Å². The third kappa shape index (κ3) is 5.38. The number of benzene rings is 4. The van der Waals surface area contributed by atoms with Crippen molar-refractivity contribution in [1.82, 2.24) is 0 Å². The molecule has 0 aromatic heterocycles. The summed E-state index contributed by atoms with van der Waals surface area (Å²) in [5.74, 6) is 0. The molecule has 0 heterocycles. The number of rotatable bonds is 4. The van der Waals surface area contributed by atoms with E-state index in [1.807, 2.05) is 0 Å². The first-order valence-electron chi connectivity index (χ1n) is 13.9. The zero-order chi connectivity index (χ0) is 28.0. The van der Waals surface area contributed by atoms with Crippen molar-refractivity contribution in [2.75, 3.05) is 0 Å². The molecule has 0 unspecified atom stereocenters. The summed E-state index contributed by atoms with van der Waals surface area (Å²) in [4.78, 5) is 0. The predicted molar refractivity (Wildman–Crippen MR) is 173 cm³/mol. The van der Waals surface area contributed by atoms with Crippen LogP contribution in [0.4, 0.5) is 0 Å². The van der Waals surface area contributed by atoms with Gasteiger partial charge in [-0.25, -0.2) is 0 Å². The van der Waals surface area contributed by atoms with E-state index in [0.29, 0.717) is 0 Å². The van der Waals surface area contributed by atoms with Crippen LogP contribution in [0.15, 0.2) is 48.5 Å². The molecule has 4 rings (SSSR count). The fraction of sp³-hybridized carbons (Fsp3) is 0.333. The summed E-state index contributed by atoms with van der Waals surface area (Å²) in [5, 5.41) is 3.31. The van der Waals surface area contributed by atoms with Crippen LogP contribution in [0.2, 0.25) is 0 Å². The molecule has 0 aliphatic carbocycles. The van der Waals surface area contributed by atoms with Gasteiger partial charge in [0.15, 0.2) is 0 Å². The van der Waals surface area contributed by atoms with Crippen molar-refractivity contribution in [2.24, 2.45) is 0 Å². The Kier molecular flexibility index (Phi) is 8.31. The third-order valence-corrected chi connectivity index (χ3v) is 25.3. The fourth-order valence-electron chi connectivity index (χ4n) is 7.05. The molecule has 0 saturated carbocycles. The maximum absolute atomic E-state index is 2.44. The molecule has 4 aromatic rings. The Morgan fingerprint density at radius 3 is 0.789 bits per heavy atom. The standard InChI is InChI=1S/C36H44GeSi/c1-21-13-25(5)33(26(6)14-21)37(34-27(7)15-22(2)16-28(34)8)38(35-29(9)17-23(3)18-30(35)10)36-31(11)19-24(4)20-32(36)12/h13-20H,1-12H3. The summed E-state index contributed by atoms with van der Waals surface area (Å²) < 4.78 is 3.39. The van der Waals surface area contributed by atoms with E-state index >= 15 is 0 Å². The van der Waals surface area contributed by atoms with E-state index in [4.69, 9.17) is 0 Å². The Bertz CT molecular complexity index is 1280. The zero-order valence-corrected chi connectivity index (χ0v) is 28.7. The third-order valence-electron chi connectivity index (χ3n) is 7.96. The average molecular weight is 577 g/mol. The van der Waals surface area contributed by atoms with Crippen LogP contribution >= 0.6 is 0 Å². The molecule has 0 atom stereocenters. The van der Waals surface area contributed by atoms with E-state index < -0.39 is 20.1 Å². The summed E-state index contributed by atoms with van der Waals surface area (Å²) >= 11 is -2.17. The second-order valence-corrected chi connectivity index (χ2v) is 23.0. The molecular weight excluding hydrogens is 533 g/mol. The first kappa shape index (κ1) is 28.6. The van der Waals surface area contributed by atoms with E-state index in [2.05, 4.69) is 132 Å². The molecule has 38 heavy (non-hydrogen) atoms. The molecule has 0 saturated heterocycles. The van der Waals surface area contributed by atoms with Crippen molar-refractivity contribution in [3.05, 3.63) is 115 Å². The number of hydrogen-bond donors (Lipinski definition) is 0. The minimum atomic E-state index is -2.17. The molecule has 0 nitrogen and oxygen atoms in total. The first-order chi connectivity index (χ1) is 17.8. The van der Waals surface area contributed by atoms with Gasteiger partial charge in [0, 0.05) is 0 Å². The summed E-state index contributed by atoms with van der Waals surface area (Å²) in [7, 11) is 0. The van der Waals surface area contributed by atoms with E-state index in [9.17, 15) is 0 Å². The Morgan fingerprint density at radius 2 is 0.553 bits per heavy atom. The molecule has 4 aromatic carbocycles. The number of hydrogen-bond acceptors (Lipinski definition) is 0. The molecule has 0 bridgehead atoms. The molecule has 0 radical (unpaired) electrons. The molecule has 0 spiro atoms. The van der Waals surface area contributed by atoms with Gasteiger partial charge in [-0.1, -0.05) is 0 Å². The maximum atomic E-state index is 2.44. The number of aryl methyl sites for hydroxylation is 12. The molecule has 2 heteroatoms. The van der Waals surface area contributed by atoms with Crippen LogP contribution in [-0.2, 0) is 0 Å². The van der Waals surface area contributed by atoms with Gasteiger partial charge >= 0.3 is 238 Å². The second-order valence-electron chi connectivity index (χ2n) is 11.8. The summed E-state index contributed by atoms with van der Waals surface area (Å²) in [6.07, 6.45) is 0. The Morgan fingerprint density at radius 1 is 0.342 bits per heavy atom. The monoisotopic (exact) mass is 578 g/mol. The summed E-state index contributed by atoms with van der Waals surface area (Å²) in [6, 6.07) is 19.5. The molecule has 0 amide bonds. The predicted octanol–water partition coefficient (Wildman–Crippen LogP) is 6.38. The second kappa shape index (κ2) is 11.0. The van der Waals surface area contributed by atoms with Crippen LogP contribution < -0.4 is 19.2 Å². The SMILES string of the molecule is Cc1cc(C)c([Si](c2c(C)cc(C)cc2C)=[Ge]([c]2c(C)cc(C)cc2C)[c]2c(C)cc(C)cc2C)c(C)c1. The van der Waals surface area contributed by atoms with E-state index in [1.54, 1.807) is 19.2 Å². The Labute approximate surface area is 236 Å². The quantitative estimate of drug-likeness (QED) is 0.247. The van der Waals surface area contributed by atoms with Gasteiger partial charge in [0.05, 0.1) is 0 Å². The van der Waals surface area contributed by atoms with Gasteiger partial charge in [-0.05, 0) is 0 Å². The summed E-state index contributed by atoms with van der Waals surface area (Å²) in [5.41, 5.74) is 17.4. The zero-order valence-electron chi connectivity index (χ0n) is 25.6. The first-order valence-corrected chi connectivity index (χ1v) is 20.6. The van der Waals surface area contributed by atoms with Crippen LogP contribution in [0, 0.1) is 83.1 Å². The van der Waals surface area contributed by atoms with Crippen LogP contribution in [0.5, 0.6) is 0 Å². The van der Waals surface area contributed by atoms with E-state index in [-0.39, 0.29) is 0 Å².